The van der Waals surface area contributed by atoms with E-state index in [4.69, 9.17) is 4.74 Å². The number of anilines is 2. The van der Waals surface area contributed by atoms with Crippen molar-refractivity contribution in [2.75, 3.05) is 50.1 Å². The van der Waals surface area contributed by atoms with Crippen molar-refractivity contribution in [3.05, 3.63) is 12.3 Å². The van der Waals surface area contributed by atoms with Gasteiger partial charge in [0.1, 0.15) is 5.82 Å². The van der Waals surface area contributed by atoms with E-state index in [2.05, 4.69) is 25.5 Å². The van der Waals surface area contributed by atoms with Gasteiger partial charge in [0, 0.05) is 51.9 Å². The molecule has 0 unspecified atom stereocenters. The first kappa shape index (κ1) is 21.1. The van der Waals surface area contributed by atoms with Crippen LogP contribution in [0.25, 0.3) is 0 Å². The smallest absolute Gasteiger partial charge is 0.409 e. The Morgan fingerprint density at radius 1 is 1.17 bits per heavy atom. The lowest BCUT2D eigenvalue weighted by molar-refractivity contribution is -0.123. The normalized spacial score (nSPS) is 18.4. The second kappa shape index (κ2) is 10.3. The van der Waals surface area contributed by atoms with Gasteiger partial charge in [-0.05, 0) is 44.6 Å². The van der Waals surface area contributed by atoms with E-state index < -0.39 is 0 Å². The summed E-state index contributed by atoms with van der Waals surface area (Å²) >= 11 is 0. The number of nitrogens with zero attached hydrogens (tertiary/aromatic N) is 4. The van der Waals surface area contributed by atoms with Crippen LogP contribution in [0, 0.1) is 5.92 Å². The second-order valence-electron chi connectivity index (χ2n) is 7.65. The highest BCUT2D eigenvalue weighted by molar-refractivity contribution is 5.76. The quantitative estimate of drug-likeness (QED) is 0.746. The highest BCUT2D eigenvalue weighted by Gasteiger charge is 2.26. The summed E-state index contributed by atoms with van der Waals surface area (Å²) in [5.74, 6) is 2.08. The minimum Gasteiger partial charge on any atom is -0.450 e. The summed E-state index contributed by atoms with van der Waals surface area (Å²) in [6, 6.07) is 2.07. The molecule has 0 saturated carbocycles. The van der Waals surface area contributed by atoms with Crippen molar-refractivity contribution >= 4 is 23.8 Å². The fourth-order valence-electron chi connectivity index (χ4n) is 3.98. The van der Waals surface area contributed by atoms with E-state index in [1.807, 2.05) is 20.0 Å². The molecular weight excluding hydrogens is 372 g/mol. The van der Waals surface area contributed by atoms with Crippen LogP contribution in [0.5, 0.6) is 0 Å². The Kier molecular flexibility index (Phi) is 7.48. The molecule has 0 atom stereocenters. The maximum absolute atomic E-state index is 12.5. The molecule has 29 heavy (non-hydrogen) atoms. The van der Waals surface area contributed by atoms with Crippen LogP contribution in [0.4, 0.5) is 16.6 Å². The van der Waals surface area contributed by atoms with E-state index in [9.17, 15) is 9.59 Å². The van der Waals surface area contributed by atoms with Gasteiger partial charge in [0.05, 0.1) is 6.61 Å². The molecule has 160 valence electrons. The molecular formula is C20H32N6O3. The summed E-state index contributed by atoms with van der Waals surface area (Å²) in [4.78, 5) is 36.8. The summed E-state index contributed by atoms with van der Waals surface area (Å²) in [7, 11) is 1.81. The topological polar surface area (TPSA) is 99.7 Å². The zero-order valence-corrected chi connectivity index (χ0v) is 17.4. The lowest BCUT2D eigenvalue weighted by atomic mass is 9.93. The van der Waals surface area contributed by atoms with Crippen LogP contribution >= 0.6 is 0 Å². The molecule has 2 amide bonds. The maximum Gasteiger partial charge on any atom is 0.409 e. The average molecular weight is 405 g/mol. The number of nitrogens with one attached hydrogen (secondary N) is 2. The molecule has 1 aromatic heterocycles. The van der Waals surface area contributed by atoms with E-state index in [0.29, 0.717) is 38.0 Å². The summed E-state index contributed by atoms with van der Waals surface area (Å²) < 4.78 is 5.04. The molecule has 0 aliphatic carbocycles. The number of ether oxygens (including phenoxy) is 1. The molecule has 2 aliphatic heterocycles. The minimum absolute atomic E-state index is 0.123. The Morgan fingerprint density at radius 3 is 2.55 bits per heavy atom. The van der Waals surface area contributed by atoms with Crippen LogP contribution in [-0.4, -0.2) is 72.7 Å². The number of rotatable bonds is 6. The molecule has 0 radical (unpaired) electrons. The first-order valence-corrected chi connectivity index (χ1v) is 10.6. The standard InChI is InChI=1S/C20H32N6O3/c1-3-29-20(28)26-12-7-16(8-13-26)23-18(27)14-15-5-10-25(11-6-15)17-4-9-22-19(21-2)24-17/h4,9,15-16H,3,5-8,10-14H2,1-2H3,(H,23,27)(H,21,22,24). The summed E-state index contributed by atoms with van der Waals surface area (Å²) in [6.07, 6.45) is 5.60. The summed E-state index contributed by atoms with van der Waals surface area (Å²) in [6.45, 7) is 5.27. The van der Waals surface area contributed by atoms with Crippen LogP contribution in [0.15, 0.2) is 12.3 Å². The SMILES string of the molecule is CCOC(=O)N1CCC(NC(=O)CC2CCN(c3ccnc(NC)n3)CC2)CC1. The van der Waals surface area contributed by atoms with Gasteiger partial charge in [-0.25, -0.2) is 9.78 Å². The number of hydrogen-bond donors (Lipinski definition) is 2. The zero-order valence-electron chi connectivity index (χ0n) is 17.4. The van der Waals surface area contributed by atoms with Crippen LogP contribution in [0.1, 0.15) is 39.0 Å². The fourth-order valence-corrected chi connectivity index (χ4v) is 3.98. The van der Waals surface area contributed by atoms with Crippen molar-refractivity contribution in [1.29, 1.82) is 0 Å². The second-order valence-corrected chi connectivity index (χ2v) is 7.65. The number of likely N-dealkylation sites (tertiary alicyclic amines) is 1. The average Bonchev–Trinajstić information content (AvgIpc) is 2.75. The maximum atomic E-state index is 12.5. The van der Waals surface area contributed by atoms with E-state index in [1.165, 1.54) is 0 Å². The van der Waals surface area contributed by atoms with E-state index in [1.54, 1.807) is 11.1 Å². The Bertz CT molecular complexity index is 685. The van der Waals surface area contributed by atoms with Gasteiger partial charge >= 0.3 is 6.09 Å². The van der Waals surface area contributed by atoms with Gasteiger partial charge in [-0.3, -0.25) is 4.79 Å². The van der Waals surface area contributed by atoms with Gasteiger partial charge in [-0.1, -0.05) is 0 Å². The van der Waals surface area contributed by atoms with Gasteiger partial charge in [0.15, 0.2) is 0 Å². The molecule has 2 N–H and O–H groups in total. The van der Waals surface area contributed by atoms with E-state index in [0.717, 1.165) is 44.6 Å². The third-order valence-electron chi connectivity index (χ3n) is 5.66. The molecule has 0 spiro atoms. The van der Waals surface area contributed by atoms with Crippen molar-refractivity contribution in [2.45, 2.75) is 45.1 Å². The van der Waals surface area contributed by atoms with E-state index in [-0.39, 0.29) is 18.0 Å². The van der Waals surface area contributed by atoms with Gasteiger partial charge in [-0.15, -0.1) is 0 Å². The van der Waals surface area contributed by atoms with Crippen molar-refractivity contribution in [1.82, 2.24) is 20.2 Å². The molecule has 1 aromatic rings. The van der Waals surface area contributed by atoms with Crippen LogP contribution in [0.2, 0.25) is 0 Å². The molecule has 2 saturated heterocycles. The molecule has 0 aromatic carbocycles. The van der Waals surface area contributed by atoms with Crippen molar-refractivity contribution in [3.8, 4) is 0 Å². The number of hydrogen-bond acceptors (Lipinski definition) is 7. The summed E-state index contributed by atoms with van der Waals surface area (Å²) in [5, 5.41) is 6.12. The molecule has 9 heteroatoms. The highest BCUT2D eigenvalue weighted by atomic mass is 16.6. The molecule has 3 rings (SSSR count). The predicted molar refractivity (Wildman–Crippen MR) is 111 cm³/mol. The monoisotopic (exact) mass is 404 g/mol. The molecule has 0 bridgehead atoms. The predicted octanol–water partition coefficient (Wildman–Crippen LogP) is 1.86. The van der Waals surface area contributed by atoms with Crippen molar-refractivity contribution < 1.29 is 14.3 Å². The van der Waals surface area contributed by atoms with E-state index >= 15 is 0 Å². The lowest BCUT2D eigenvalue weighted by Crippen LogP contribution is -2.47. The zero-order chi connectivity index (χ0) is 20.6. The Labute approximate surface area is 172 Å². The third kappa shape index (κ3) is 5.95. The Hall–Kier alpha value is -2.58. The van der Waals surface area contributed by atoms with Crippen LogP contribution < -0.4 is 15.5 Å². The molecule has 3 heterocycles. The van der Waals surface area contributed by atoms with Crippen LogP contribution in [0.3, 0.4) is 0 Å². The largest absolute Gasteiger partial charge is 0.450 e. The number of amides is 2. The van der Waals surface area contributed by atoms with Crippen LogP contribution in [-0.2, 0) is 9.53 Å². The molecule has 9 nitrogen and oxygen atoms in total. The van der Waals surface area contributed by atoms with Gasteiger partial charge in [-0.2, -0.15) is 4.98 Å². The fraction of sp³-hybridized carbons (Fsp3) is 0.700. The third-order valence-corrected chi connectivity index (χ3v) is 5.66. The highest BCUT2D eigenvalue weighted by Crippen LogP contribution is 2.24. The lowest BCUT2D eigenvalue weighted by Gasteiger charge is -2.34. The van der Waals surface area contributed by atoms with Gasteiger partial charge < -0.3 is 25.2 Å². The summed E-state index contributed by atoms with van der Waals surface area (Å²) in [5.41, 5.74) is 0. The molecule has 2 aliphatic rings. The number of aromatic nitrogens is 2. The number of carbonyl (C=O) groups excluding carboxylic acids is 2. The molecule has 2 fully saturated rings. The Balaban J connectivity index is 1.37. The number of carbonyl (C=O) groups is 2. The van der Waals surface area contributed by atoms with Gasteiger partial charge in [0.25, 0.3) is 0 Å². The first-order valence-electron chi connectivity index (χ1n) is 10.6. The first-order chi connectivity index (χ1) is 14.1. The Morgan fingerprint density at radius 2 is 1.90 bits per heavy atom. The van der Waals surface area contributed by atoms with Crippen molar-refractivity contribution in [3.63, 3.8) is 0 Å². The number of piperidine rings is 2. The minimum atomic E-state index is -0.255. The van der Waals surface area contributed by atoms with Gasteiger partial charge in [0.2, 0.25) is 11.9 Å². The van der Waals surface area contributed by atoms with Crippen molar-refractivity contribution in [2.24, 2.45) is 5.92 Å².